The number of furan rings is 1. The molecule has 12 rings (SSSR count). The van der Waals surface area contributed by atoms with E-state index in [1.54, 1.807) is 0 Å². The summed E-state index contributed by atoms with van der Waals surface area (Å²) in [5.41, 5.74) is 16.6. The van der Waals surface area contributed by atoms with Gasteiger partial charge in [-0.25, -0.2) is 15.0 Å². The summed E-state index contributed by atoms with van der Waals surface area (Å²) in [6, 6.07) is 62.8. The summed E-state index contributed by atoms with van der Waals surface area (Å²) in [5, 5.41) is 11.0. The fourth-order valence-corrected chi connectivity index (χ4v) is 8.65. The number of nitrogens with one attached hydrogen (secondary N) is 1. The Labute approximate surface area is 345 Å². The van der Waals surface area contributed by atoms with E-state index in [1.165, 1.54) is 11.1 Å². The molecule has 0 saturated carbocycles. The molecule has 10 aromatic rings. The first-order valence-corrected chi connectivity index (χ1v) is 20.1. The largest absolute Gasteiger partial charge is 0.456 e. The fourth-order valence-electron chi connectivity index (χ4n) is 8.65. The summed E-state index contributed by atoms with van der Waals surface area (Å²) in [6.45, 7) is 0. The molecule has 7 nitrogen and oxygen atoms in total. The summed E-state index contributed by atoms with van der Waals surface area (Å²) in [5.74, 6) is 1.75. The third kappa shape index (κ3) is 5.79. The highest BCUT2D eigenvalue weighted by molar-refractivity contribution is 6.12. The van der Waals surface area contributed by atoms with Crippen molar-refractivity contribution in [2.45, 2.75) is 6.04 Å². The van der Waals surface area contributed by atoms with Crippen molar-refractivity contribution in [2.24, 2.45) is 5.10 Å². The minimum Gasteiger partial charge on any atom is -0.456 e. The van der Waals surface area contributed by atoms with Gasteiger partial charge in [-0.05, 0) is 98.8 Å². The lowest BCUT2D eigenvalue weighted by Crippen LogP contribution is -2.33. The molecule has 1 atom stereocenters. The summed E-state index contributed by atoms with van der Waals surface area (Å²) >= 11 is 0. The topological polar surface area (TPSA) is 79.4 Å². The highest BCUT2D eigenvalue weighted by atomic mass is 16.3. The van der Waals surface area contributed by atoms with Gasteiger partial charge in [-0.15, -0.1) is 0 Å². The molecular formula is C53H34N6O. The number of anilines is 1. The molecule has 0 radical (unpaired) electrons. The Hall–Kier alpha value is -8.00. The van der Waals surface area contributed by atoms with Crippen molar-refractivity contribution >= 4 is 50.2 Å². The zero-order chi connectivity index (χ0) is 39.6. The molecule has 0 saturated heterocycles. The van der Waals surface area contributed by atoms with Gasteiger partial charge < -0.3 is 4.42 Å². The van der Waals surface area contributed by atoms with Gasteiger partial charge in [-0.2, -0.15) is 15.6 Å². The van der Waals surface area contributed by atoms with E-state index in [-0.39, 0.29) is 6.04 Å². The van der Waals surface area contributed by atoms with Crippen LogP contribution in [0.2, 0.25) is 0 Å². The Morgan fingerprint density at radius 2 is 1.12 bits per heavy atom. The maximum Gasteiger partial charge on any atom is 0.164 e. The molecule has 2 aliphatic rings. The highest BCUT2D eigenvalue weighted by Crippen LogP contribution is 2.40. The number of hydrogen-bond acceptors (Lipinski definition) is 7. The SMILES string of the molecule is C1=Cc2ccc3cc(-c4nc(-c5cc(-c6ccccc6)cc(-c6ccccc6)c5)nc(-c5cccc6oc7ccccc7c56)n4)ccc3c2C2NN(c3ccccc3)N=C12. The number of hydrogen-bond donors (Lipinski definition) is 1. The molecule has 8 aromatic carbocycles. The number of nitrogens with zero attached hydrogens (tertiary/aromatic N) is 5. The van der Waals surface area contributed by atoms with Crippen LogP contribution < -0.4 is 10.5 Å². The molecule has 0 amide bonds. The molecule has 0 spiro atoms. The quantitative estimate of drug-likeness (QED) is 0.181. The van der Waals surface area contributed by atoms with Crippen LogP contribution in [0.25, 0.3) is 95.2 Å². The third-order valence-corrected chi connectivity index (χ3v) is 11.5. The summed E-state index contributed by atoms with van der Waals surface area (Å²) in [7, 11) is 0. The Kier molecular flexibility index (Phi) is 7.86. The minimum atomic E-state index is -0.0869. The van der Waals surface area contributed by atoms with Crippen LogP contribution in [0.15, 0.2) is 198 Å². The van der Waals surface area contributed by atoms with Crippen LogP contribution in [-0.4, -0.2) is 20.7 Å². The number of benzene rings is 8. The number of hydrazine groups is 1. The lowest BCUT2D eigenvalue weighted by Gasteiger charge is -2.23. The number of hydrazone groups is 1. The van der Waals surface area contributed by atoms with Gasteiger partial charge in [0.15, 0.2) is 17.5 Å². The van der Waals surface area contributed by atoms with Crippen molar-refractivity contribution < 1.29 is 4.42 Å². The van der Waals surface area contributed by atoms with Gasteiger partial charge in [0.1, 0.15) is 11.2 Å². The second-order valence-corrected chi connectivity index (χ2v) is 15.2. The van der Waals surface area contributed by atoms with E-state index in [0.717, 1.165) is 83.1 Å². The molecule has 3 heterocycles. The molecule has 1 unspecified atom stereocenters. The maximum absolute atomic E-state index is 6.34. The van der Waals surface area contributed by atoms with Gasteiger partial charge in [0.2, 0.25) is 0 Å². The number of para-hydroxylation sites is 2. The van der Waals surface area contributed by atoms with Crippen molar-refractivity contribution in [1.29, 1.82) is 0 Å². The van der Waals surface area contributed by atoms with Crippen molar-refractivity contribution in [2.75, 3.05) is 5.12 Å². The average molecular weight is 771 g/mol. The van der Waals surface area contributed by atoms with Gasteiger partial charge in [-0.1, -0.05) is 140 Å². The molecular weight excluding hydrogens is 737 g/mol. The summed E-state index contributed by atoms with van der Waals surface area (Å²) < 4.78 is 6.34. The average Bonchev–Trinajstić information content (AvgIpc) is 3.94. The molecule has 0 fully saturated rings. The van der Waals surface area contributed by atoms with Crippen molar-refractivity contribution in [3.05, 3.63) is 199 Å². The van der Waals surface area contributed by atoms with Gasteiger partial charge in [0.05, 0.1) is 17.4 Å². The van der Waals surface area contributed by atoms with Gasteiger partial charge in [0.25, 0.3) is 0 Å². The van der Waals surface area contributed by atoms with Crippen LogP contribution in [0.5, 0.6) is 0 Å². The standard InChI is InChI=1S/C53H34N6O/c1-4-13-33(14-5-1)38-30-39(34-15-6-2-7-16-34)32-40(31-38)52-54-51(55-53(56-52)44-20-12-22-47-49(44)43-19-10-11-21-46(43)60-47)37-25-27-42-36(29-37)24-23-35-26-28-45-50(48(35)42)58-59(57-45)41-17-8-3-9-18-41/h1-32,50,58H. The first-order valence-electron chi connectivity index (χ1n) is 20.1. The predicted octanol–water partition coefficient (Wildman–Crippen LogP) is 12.7. The molecule has 282 valence electrons. The van der Waals surface area contributed by atoms with E-state index in [9.17, 15) is 0 Å². The van der Waals surface area contributed by atoms with Gasteiger partial charge in [0, 0.05) is 27.5 Å². The lowest BCUT2D eigenvalue weighted by atomic mass is 9.87. The van der Waals surface area contributed by atoms with Crippen molar-refractivity contribution in [3.63, 3.8) is 0 Å². The van der Waals surface area contributed by atoms with Gasteiger partial charge >= 0.3 is 0 Å². The van der Waals surface area contributed by atoms with Crippen molar-refractivity contribution in [3.8, 4) is 56.4 Å². The van der Waals surface area contributed by atoms with E-state index in [0.29, 0.717) is 17.5 Å². The minimum absolute atomic E-state index is 0.0869. The number of rotatable bonds is 6. The highest BCUT2D eigenvalue weighted by Gasteiger charge is 2.32. The van der Waals surface area contributed by atoms with Crippen LogP contribution >= 0.6 is 0 Å². The van der Waals surface area contributed by atoms with E-state index >= 15 is 0 Å². The smallest absolute Gasteiger partial charge is 0.164 e. The second kappa shape index (κ2) is 13.8. The van der Waals surface area contributed by atoms with E-state index in [1.807, 2.05) is 65.8 Å². The Morgan fingerprint density at radius 1 is 0.467 bits per heavy atom. The zero-order valence-electron chi connectivity index (χ0n) is 32.2. The lowest BCUT2D eigenvalue weighted by molar-refractivity contribution is 0.659. The second-order valence-electron chi connectivity index (χ2n) is 15.2. The first-order chi connectivity index (χ1) is 29.7. The first kappa shape index (κ1) is 34.1. The van der Waals surface area contributed by atoms with Crippen LogP contribution in [0, 0.1) is 0 Å². The number of aromatic nitrogens is 3. The maximum atomic E-state index is 6.34. The predicted molar refractivity (Wildman–Crippen MR) is 243 cm³/mol. The Bertz CT molecular complexity index is 3300. The Balaban J connectivity index is 1.04. The third-order valence-electron chi connectivity index (χ3n) is 11.5. The van der Waals surface area contributed by atoms with E-state index < -0.39 is 0 Å². The molecule has 60 heavy (non-hydrogen) atoms. The van der Waals surface area contributed by atoms with Crippen LogP contribution in [0.1, 0.15) is 17.2 Å². The molecule has 7 heteroatoms. The van der Waals surface area contributed by atoms with E-state index in [2.05, 4.69) is 139 Å². The summed E-state index contributed by atoms with van der Waals surface area (Å²) in [6.07, 6.45) is 4.27. The van der Waals surface area contributed by atoms with Gasteiger partial charge in [-0.3, -0.25) is 0 Å². The zero-order valence-corrected chi connectivity index (χ0v) is 32.2. The van der Waals surface area contributed by atoms with Crippen LogP contribution in [0.3, 0.4) is 0 Å². The molecule has 1 aliphatic carbocycles. The normalized spacial score (nSPS) is 14.4. The Morgan fingerprint density at radius 3 is 1.88 bits per heavy atom. The van der Waals surface area contributed by atoms with Crippen LogP contribution in [-0.2, 0) is 0 Å². The number of fused-ring (bicyclic) bond motifs is 8. The molecule has 0 bridgehead atoms. The van der Waals surface area contributed by atoms with Crippen molar-refractivity contribution in [1.82, 2.24) is 20.4 Å². The van der Waals surface area contributed by atoms with E-state index in [4.69, 9.17) is 24.5 Å². The fraction of sp³-hybridized carbons (Fsp3) is 0.0189. The molecule has 1 N–H and O–H groups in total. The monoisotopic (exact) mass is 770 g/mol. The molecule has 1 aliphatic heterocycles. The summed E-state index contributed by atoms with van der Waals surface area (Å²) in [4.78, 5) is 15.9. The van der Waals surface area contributed by atoms with Crippen LogP contribution in [0.4, 0.5) is 5.69 Å². The molecule has 2 aromatic heterocycles.